The maximum absolute atomic E-state index is 9.44. The van der Waals surface area contributed by atoms with Crippen molar-refractivity contribution in [1.29, 1.82) is 0 Å². The Kier molecular flexibility index (Phi) is 4.40. The number of aliphatic hydroxyl groups is 1. The average molecular weight is 302 g/mol. The number of hydrogen-bond acceptors (Lipinski definition) is 6. The number of rotatable bonds is 4. The summed E-state index contributed by atoms with van der Waals surface area (Å²) < 4.78 is 5.40. The number of anilines is 1. The van der Waals surface area contributed by atoms with Gasteiger partial charge < -0.3 is 14.5 Å². The zero-order valence-corrected chi connectivity index (χ0v) is 13.1. The first kappa shape index (κ1) is 15.0. The van der Waals surface area contributed by atoms with E-state index in [-0.39, 0.29) is 6.10 Å². The molecular formula is C16H22N4O2. The van der Waals surface area contributed by atoms with Crippen LogP contribution in [0.1, 0.15) is 12.5 Å². The predicted octanol–water partition coefficient (Wildman–Crippen LogP) is 1.55. The van der Waals surface area contributed by atoms with Gasteiger partial charge in [0.15, 0.2) is 0 Å². The molecule has 1 aliphatic heterocycles. The Morgan fingerprint density at radius 1 is 1.18 bits per heavy atom. The second-order valence-electron chi connectivity index (χ2n) is 5.90. The number of aryl methyl sites for hydroxylation is 1. The standard InChI is InChI=1S/C16H22N4O2/c1-12-3-5-14(6-4-12)15-17-16(22-18-15)20-9-7-19(8-10-20)11-13(2)21/h3-6,13,21H,7-11H2,1-2H3/t13-/m1/s1. The van der Waals surface area contributed by atoms with E-state index in [1.807, 2.05) is 31.2 Å². The molecule has 2 heterocycles. The van der Waals surface area contributed by atoms with Crippen molar-refractivity contribution in [3.63, 3.8) is 0 Å². The van der Waals surface area contributed by atoms with Gasteiger partial charge >= 0.3 is 6.01 Å². The van der Waals surface area contributed by atoms with Crippen molar-refractivity contribution in [2.75, 3.05) is 37.6 Å². The van der Waals surface area contributed by atoms with Gasteiger partial charge in [0.05, 0.1) is 6.10 Å². The highest BCUT2D eigenvalue weighted by molar-refractivity contribution is 5.56. The van der Waals surface area contributed by atoms with Crippen LogP contribution >= 0.6 is 0 Å². The van der Waals surface area contributed by atoms with Gasteiger partial charge in [0.2, 0.25) is 5.82 Å². The first-order valence-corrected chi connectivity index (χ1v) is 7.68. The number of aromatic nitrogens is 2. The van der Waals surface area contributed by atoms with Crippen molar-refractivity contribution in [2.24, 2.45) is 0 Å². The molecule has 0 bridgehead atoms. The summed E-state index contributed by atoms with van der Waals surface area (Å²) >= 11 is 0. The van der Waals surface area contributed by atoms with E-state index < -0.39 is 0 Å². The molecule has 2 aromatic rings. The molecule has 3 rings (SSSR count). The van der Waals surface area contributed by atoms with E-state index in [1.54, 1.807) is 0 Å². The number of nitrogens with zero attached hydrogens (tertiary/aromatic N) is 4. The summed E-state index contributed by atoms with van der Waals surface area (Å²) in [4.78, 5) is 8.85. The molecule has 1 atom stereocenters. The van der Waals surface area contributed by atoms with Crippen molar-refractivity contribution >= 4 is 6.01 Å². The lowest BCUT2D eigenvalue weighted by Crippen LogP contribution is -2.48. The van der Waals surface area contributed by atoms with Gasteiger partial charge in [-0.05, 0) is 13.8 Å². The number of hydrogen-bond donors (Lipinski definition) is 1. The molecule has 0 unspecified atom stereocenters. The van der Waals surface area contributed by atoms with Crippen molar-refractivity contribution in [3.05, 3.63) is 29.8 Å². The topological polar surface area (TPSA) is 65.6 Å². The third-order valence-corrected chi connectivity index (χ3v) is 3.89. The Morgan fingerprint density at radius 3 is 2.50 bits per heavy atom. The average Bonchev–Trinajstić information content (AvgIpc) is 2.98. The highest BCUT2D eigenvalue weighted by Gasteiger charge is 2.22. The van der Waals surface area contributed by atoms with Crippen molar-refractivity contribution in [3.8, 4) is 11.4 Å². The molecule has 118 valence electrons. The van der Waals surface area contributed by atoms with Crippen LogP contribution in [0.4, 0.5) is 6.01 Å². The van der Waals surface area contributed by atoms with Crippen LogP contribution < -0.4 is 4.90 Å². The van der Waals surface area contributed by atoms with Gasteiger partial charge in [-0.3, -0.25) is 4.90 Å². The number of piperazine rings is 1. The van der Waals surface area contributed by atoms with E-state index >= 15 is 0 Å². The summed E-state index contributed by atoms with van der Waals surface area (Å²) in [6.45, 7) is 8.05. The van der Waals surface area contributed by atoms with Gasteiger partial charge in [-0.15, -0.1) is 0 Å². The molecule has 0 spiro atoms. The van der Waals surface area contributed by atoms with Crippen LogP contribution in [0.5, 0.6) is 0 Å². The normalized spacial score (nSPS) is 17.7. The Labute approximate surface area is 130 Å². The summed E-state index contributed by atoms with van der Waals surface area (Å²) in [5, 5.41) is 13.5. The monoisotopic (exact) mass is 302 g/mol. The molecule has 0 saturated carbocycles. The molecule has 0 radical (unpaired) electrons. The molecule has 1 aromatic carbocycles. The van der Waals surface area contributed by atoms with Crippen LogP contribution in [0.25, 0.3) is 11.4 Å². The quantitative estimate of drug-likeness (QED) is 0.924. The highest BCUT2D eigenvalue weighted by atomic mass is 16.5. The minimum absolute atomic E-state index is 0.289. The molecular weight excluding hydrogens is 280 g/mol. The van der Waals surface area contributed by atoms with Crippen LogP contribution in [0.2, 0.25) is 0 Å². The van der Waals surface area contributed by atoms with Crippen LogP contribution in [-0.2, 0) is 0 Å². The van der Waals surface area contributed by atoms with Gasteiger partial charge in [-0.25, -0.2) is 0 Å². The van der Waals surface area contributed by atoms with Gasteiger partial charge in [0.1, 0.15) is 0 Å². The highest BCUT2D eigenvalue weighted by Crippen LogP contribution is 2.21. The van der Waals surface area contributed by atoms with Crippen molar-refractivity contribution in [2.45, 2.75) is 20.0 Å². The maximum Gasteiger partial charge on any atom is 0.324 e. The van der Waals surface area contributed by atoms with E-state index in [0.29, 0.717) is 18.4 Å². The van der Waals surface area contributed by atoms with Crippen LogP contribution in [-0.4, -0.2) is 59.0 Å². The second-order valence-corrected chi connectivity index (χ2v) is 5.90. The lowest BCUT2D eigenvalue weighted by atomic mass is 10.1. The Bertz CT molecular complexity index is 601. The van der Waals surface area contributed by atoms with Gasteiger partial charge in [-0.2, -0.15) is 4.98 Å². The van der Waals surface area contributed by atoms with Crippen molar-refractivity contribution in [1.82, 2.24) is 15.0 Å². The Morgan fingerprint density at radius 2 is 1.86 bits per heavy atom. The largest absolute Gasteiger partial charge is 0.392 e. The summed E-state index contributed by atoms with van der Waals surface area (Å²) in [6.07, 6.45) is -0.289. The molecule has 1 saturated heterocycles. The molecule has 6 nitrogen and oxygen atoms in total. The van der Waals surface area contributed by atoms with E-state index in [0.717, 1.165) is 31.7 Å². The number of β-amino-alcohol motifs (C(OH)–C–C–N with tert-alkyl or cyclic N) is 1. The summed E-state index contributed by atoms with van der Waals surface area (Å²) in [5.41, 5.74) is 2.18. The van der Waals surface area contributed by atoms with Crippen LogP contribution in [0.3, 0.4) is 0 Å². The molecule has 1 aliphatic rings. The van der Waals surface area contributed by atoms with Gasteiger partial charge in [0, 0.05) is 38.3 Å². The molecule has 22 heavy (non-hydrogen) atoms. The third kappa shape index (κ3) is 3.45. The third-order valence-electron chi connectivity index (χ3n) is 3.89. The molecule has 1 N–H and O–H groups in total. The lowest BCUT2D eigenvalue weighted by Gasteiger charge is -2.33. The number of aliphatic hydroxyl groups excluding tert-OH is 1. The maximum atomic E-state index is 9.44. The minimum atomic E-state index is -0.289. The molecule has 1 fully saturated rings. The first-order chi connectivity index (χ1) is 10.6. The lowest BCUT2D eigenvalue weighted by molar-refractivity contribution is 0.122. The molecule has 6 heteroatoms. The Hall–Kier alpha value is -1.92. The molecule has 0 aliphatic carbocycles. The van der Waals surface area contributed by atoms with Crippen LogP contribution in [0.15, 0.2) is 28.8 Å². The zero-order chi connectivity index (χ0) is 15.5. The second kappa shape index (κ2) is 6.46. The first-order valence-electron chi connectivity index (χ1n) is 7.68. The molecule has 1 aromatic heterocycles. The fourth-order valence-corrected chi connectivity index (χ4v) is 2.66. The van der Waals surface area contributed by atoms with Crippen LogP contribution in [0, 0.1) is 6.92 Å². The van der Waals surface area contributed by atoms with E-state index in [9.17, 15) is 5.11 Å². The molecule has 0 amide bonds. The fourth-order valence-electron chi connectivity index (χ4n) is 2.66. The van der Waals surface area contributed by atoms with Gasteiger partial charge in [-0.1, -0.05) is 35.0 Å². The SMILES string of the molecule is Cc1ccc(-c2noc(N3CCN(C[C@@H](C)O)CC3)n2)cc1. The van der Waals surface area contributed by atoms with E-state index in [2.05, 4.69) is 26.9 Å². The zero-order valence-electron chi connectivity index (χ0n) is 13.1. The summed E-state index contributed by atoms with van der Waals surface area (Å²) in [5.74, 6) is 0.626. The Balaban J connectivity index is 1.64. The van der Waals surface area contributed by atoms with E-state index in [4.69, 9.17) is 4.52 Å². The number of benzene rings is 1. The van der Waals surface area contributed by atoms with Gasteiger partial charge in [0.25, 0.3) is 0 Å². The van der Waals surface area contributed by atoms with E-state index in [1.165, 1.54) is 5.56 Å². The smallest absolute Gasteiger partial charge is 0.324 e. The van der Waals surface area contributed by atoms with Crippen molar-refractivity contribution < 1.29 is 9.63 Å². The fraction of sp³-hybridized carbons (Fsp3) is 0.500. The minimum Gasteiger partial charge on any atom is -0.392 e. The summed E-state index contributed by atoms with van der Waals surface area (Å²) in [6, 6.07) is 8.67. The predicted molar refractivity (Wildman–Crippen MR) is 84.8 cm³/mol. The summed E-state index contributed by atoms with van der Waals surface area (Å²) in [7, 11) is 0.